The maximum absolute atomic E-state index is 14.4. The Morgan fingerprint density at radius 3 is 2.50 bits per heavy atom. The van der Waals surface area contributed by atoms with Crippen LogP contribution in [0.2, 0.25) is 5.02 Å². The molecule has 4 aromatic rings. The molecule has 182 valence electrons. The zero-order valence-corrected chi connectivity index (χ0v) is 20.4. The molecule has 36 heavy (non-hydrogen) atoms. The number of carbonyl (C=O) groups excluding carboxylic acids is 2. The molecule has 0 spiro atoms. The molecule has 0 radical (unpaired) electrons. The van der Waals surface area contributed by atoms with Crippen molar-refractivity contribution < 1.29 is 14.0 Å². The Morgan fingerprint density at radius 1 is 1.08 bits per heavy atom. The van der Waals surface area contributed by atoms with E-state index in [9.17, 15) is 14.0 Å². The molecule has 0 aliphatic heterocycles. The molecule has 1 saturated carbocycles. The second-order valence-electron chi connectivity index (χ2n) is 8.81. The van der Waals surface area contributed by atoms with Crippen LogP contribution in [0.15, 0.2) is 79.0 Å². The van der Waals surface area contributed by atoms with Gasteiger partial charge in [-0.15, -0.1) is 0 Å². The van der Waals surface area contributed by atoms with Gasteiger partial charge in [-0.3, -0.25) is 19.5 Å². The van der Waals surface area contributed by atoms with Crippen molar-refractivity contribution in [3.8, 4) is 16.9 Å². The number of nitrogens with one attached hydrogen (secondary N) is 1. The molecule has 1 heterocycles. The minimum atomic E-state index is -0.402. The number of imidazole rings is 1. The number of halogens is 2. The summed E-state index contributed by atoms with van der Waals surface area (Å²) in [5.41, 5.74) is 2.88. The van der Waals surface area contributed by atoms with Crippen LogP contribution in [0.25, 0.3) is 16.9 Å². The SMILES string of the molecule is Cc1ccc(-n2cc(-c3ccccc3)nc2NC(=O)CN(C(=O)c2ccccc2Cl)C2CC2)cc1F. The van der Waals surface area contributed by atoms with Gasteiger partial charge in [0, 0.05) is 17.8 Å². The van der Waals surface area contributed by atoms with Gasteiger partial charge < -0.3 is 4.90 Å². The van der Waals surface area contributed by atoms with E-state index >= 15 is 0 Å². The number of carbonyl (C=O) groups is 2. The van der Waals surface area contributed by atoms with Crippen molar-refractivity contribution in [1.82, 2.24) is 14.5 Å². The van der Waals surface area contributed by atoms with Gasteiger partial charge in [0.2, 0.25) is 11.9 Å². The topological polar surface area (TPSA) is 67.2 Å². The lowest BCUT2D eigenvalue weighted by Crippen LogP contribution is -2.40. The first-order valence-electron chi connectivity index (χ1n) is 11.7. The summed E-state index contributed by atoms with van der Waals surface area (Å²) in [7, 11) is 0. The van der Waals surface area contributed by atoms with Crippen LogP contribution in [0.5, 0.6) is 0 Å². The molecule has 0 unspecified atom stereocenters. The largest absolute Gasteiger partial charge is 0.326 e. The number of nitrogens with zero attached hydrogens (tertiary/aromatic N) is 3. The quantitative estimate of drug-likeness (QED) is 0.343. The van der Waals surface area contributed by atoms with Crippen LogP contribution in [0, 0.1) is 12.7 Å². The predicted molar refractivity (Wildman–Crippen MR) is 138 cm³/mol. The molecule has 3 aromatic carbocycles. The van der Waals surface area contributed by atoms with E-state index in [1.54, 1.807) is 59.0 Å². The van der Waals surface area contributed by atoms with E-state index in [-0.39, 0.29) is 30.3 Å². The molecule has 1 aliphatic carbocycles. The summed E-state index contributed by atoms with van der Waals surface area (Å²) < 4.78 is 16.0. The molecule has 2 amide bonds. The van der Waals surface area contributed by atoms with E-state index in [1.165, 1.54) is 6.07 Å². The van der Waals surface area contributed by atoms with E-state index in [0.29, 0.717) is 27.5 Å². The minimum absolute atomic E-state index is 0.00894. The lowest BCUT2D eigenvalue weighted by atomic mass is 10.2. The van der Waals surface area contributed by atoms with Crippen LogP contribution in [0.3, 0.4) is 0 Å². The van der Waals surface area contributed by atoms with Crippen molar-refractivity contribution in [1.29, 1.82) is 0 Å². The molecule has 8 heteroatoms. The fraction of sp³-hybridized carbons (Fsp3) is 0.179. The van der Waals surface area contributed by atoms with Gasteiger partial charge in [-0.1, -0.05) is 60.1 Å². The molecule has 1 fully saturated rings. The van der Waals surface area contributed by atoms with Crippen molar-refractivity contribution in [3.05, 3.63) is 101 Å². The first kappa shape index (κ1) is 23.8. The zero-order chi connectivity index (χ0) is 25.2. The highest BCUT2D eigenvalue weighted by Crippen LogP contribution is 2.30. The highest BCUT2D eigenvalue weighted by Gasteiger charge is 2.35. The molecule has 1 N–H and O–H groups in total. The zero-order valence-electron chi connectivity index (χ0n) is 19.6. The minimum Gasteiger partial charge on any atom is -0.326 e. The third kappa shape index (κ3) is 5.02. The normalized spacial score (nSPS) is 12.9. The summed E-state index contributed by atoms with van der Waals surface area (Å²) in [4.78, 5) is 32.5. The number of hydrogen-bond acceptors (Lipinski definition) is 3. The van der Waals surface area contributed by atoms with Crippen molar-refractivity contribution in [2.24, 2.45) is 0 Å². The van der Waals surface area contributed by atoms with Gasteiger partial charge in [0.15, 0.2) is 0 Å². The van der Waals surface area contributed by atoms with Crippen LogP contribution >= 0.6 is 11.6 Å². The number of anilines is 1. The summed E-state index contributed by atoms with van der Waals surface area (Å²) in [6, 6.07) is 21.2. The average molecular weight is 503 g/mol. The molecule has 5 rings (SSSR count). The van der Waals surface area contributed by atoms with Crippen molar-refractivity contribution in [2.75, 3.05) is 11.9 Å². The molecule has 6 nitrogen and oxygen atoms in total. The van der Waals surface area contributed by atoms with Gasteiger partial charge in [-0.2, -0.15) is 0 Å². The van der Waals surface area contributed by atoms with Gasteiger partial charge in [0.1, 0.15) is 12.4 Å². The Balaban J connectivity index is 1.43. The van der Waals surface area contributed by atoms with E-state index in [2.05, 4.69) is 10.3 Å². The summed E-state index contributed by atoms with van der Waals surface area (Å²) in [6.07, 6.45) is 3.42. The average Bonchev–Trinajstić information content (AvgIpc) is 3.64. The predicted octanol–water partition coefficient (Wildman–Crippen LogP) is 5.88. The first-order chi connectivity index (χ1) is 17.4. The van der Waals surface area contributed by atoms with Gasteiger partial charge >= 0.3 is 0 Å². The van der Waals surface area contributed by atoms with E-state index in [0.717, 1.165) is 18.4 Å². The Labute approximate surface area is 213 Å². The molecule has 0 bridgehead atoms. The molecular weight excluding hydrogens is 479 g/mol. The number of aromatic nitrogens is 2. The number of amides is 2. The highest BCUT2D eigenvalue weighted by atomic mass is 35.5. The smallest absolute Gasteiger partial charge is 0.256 e. The van der Waals surface area contributed by atoms with Gasteiger partial charge in [-0.05, 0) is 49.6 Å². The van der Waals surface area contributed by atoms with E-state index in [4.69, 9.17) is 11.6 Å². The molecule has 1 aliphatic rings. The molecular formula is C28H24ClFN4O2. The summed E-state index contributed by atoms with van der Waals surface area (Å²) in [5, 5.41) is 3.18. The number of benzene rings is 3. The summed E-state index contributed by atoms with van der Waals surface area (Å²) >= 11 is 6.24. The third-order valence-corrected chi connectivity index (χ3v) is 6.46. The number of aryl methyl sites for hydroxylation is 1. The molecule has 0 saturated heterocycles. The summed E-state index contributed by atoms with van der Waals surface area (Å²) in [6.45, 7) is 1.54. The van der Waals surface area contributed by atoms with E-state index < -0.39 is 5.91 Å². The first-order valence-corrected chi connectivity index (χ1v) is 12.0. The Morgan fingerprint density at radius 2 is 1.81 bits per heavy atom. The van der Waals surface area contributed by atoms with Crippen molar-refractivity contribution >= 4 is 29.4 Å². The van der Waals surface area contributed by atoms with Crippen LogP contribution in [0.1, 0.15) is 28.8 Å². The maximum atomic E-state index is 14.4. The number of hydrogen-bond donors (Lipinski definition) is 1. The van der Waals surface area contributed by atoms with Crippen LogP contribution < -0.4 is 5.32 Å². The second kappa shape index (κ2) is 9.95. The highest BCUT2D eigenvalue weighted by molar-refractivity contribution is 6.33. The third-order valence-electron chi connectivity index (χ3n) is 6.13. The molecule has 0 atom stereocenters. The Hall–Kier alpha value is -3.97. The van der Waals surface area contributed by atoms with Crippen LogP contribution in [0.4, 0.5) is 10.3 Å². The van der Waals surface area contributed by atoms with E-state index in [1.807, 2.05) is 30.3 Å². The standard InChI is InChI=1S/C28H24ClFN4O2/c1-18-11-12-21(15-24(18)30)34-16-25(19-7-3-2-4-8-19)31-28(34)32-26(35)17-33(20-13-14-20)27(36)22-9-5-6-10-23(22)29/h2-12,15-16,20H,13-14,17H2,1H3,(H,31,32,35). The van der Waals surface area contributed by atoms with Crippen molar-refractivity contribution in [3.63, 3.8) is 0 Å². The fourth-order valence-corrected chi connectivity index (χ4v) is 4.22. The maximum Gasteiger partial charge on any atom is 0.256 e. The Bertz CT molecular complexity index is 1430. The van der Waals surface area contributed by atoms with Crippen molar-refractivity contribution in [2.45, 2.75) is 25.8 Å². The van der Waals surface area contributed by atoms with Gasteiger partial charge in [0.05, 0.1) is 22.0 Å². The monoisotopic (exact) mass is 502 g/mol. The molecule has 1 aromatic heterocycles. The second-order valence-corrected chi connectivity index (χ2v) is 9.22. The lowest BCUT2D eigenvalue weighted by molar-refractivity contribution is -0.117. The fourth-order valence-electron chi connectivity index (χ4n) is 4.01. The van der Waals surface area contributed by atoms with Gasteiger partial charge in [0.25, 0.3) is 5.91 Å². The van der Waals surface area contributed by atoms with Crippen LogP contribution in [-0.4, -0.2) is 38.9 Å². The van der Waals surface area contributed by atoms with Crippen LogP contribution in [-0.2, 0) is 4.79 Å². The lowest BCUT2D eigenvalue weighted by Gasteiger charge is -2.22. The Kier molecular flexibility index (Phi) is 6.57. The summed E-state index contributed by atoms with van der Waals surface area (Å²) in [5.74, 6) is -0.804. The number of rotatable bonds is 7. The van der Waals surface area contributed by atoms with Gasteiger partial charge in [-0.25, -0.2) is 9.37 Å².